The number of guanidine groups is 1. The summed E-state index contributed by atoms with van der Waals surface area (Å²) in [4.78, 5) is 8.47. The number of aromatic nitrogens is 1. The number of nitrogens with zero attached hydrogens (tertiary/aromatic N) is 2. The van der Waals surface area contributed by atoms with Gasteiger partial charge in [0.2, 0.25) is 0 Å². The summed E-state index contributed by atoms with van der Waals surface area (Å²) in [6.45, 7) is 1.62. The van der Waals surface area contributed by atoms with E-state index in [-0.39, 0.29) is 5.82 Å². The summed E-state index contributed by atoms with van der Waals surface area (Å²) in [5, 5.41) is 6.47. The van der Waals surface area contributed by atoms with Gasteiger partial charge in [-0.25, -0.2) is 4.39 Å². The molecule has 0 amide bonds. The summed E-state index contributed by atoms with van der Waals surface area (Å²) < 4.78 is 19.5. The first-order valence-corrected chi connectivity index (χ1v) is 9.54. The second-order valence-corrected chi connectivity index (χ2v) is 6.45. The number of halogens is 1. The van der Waals surface area contributed by atoms with Crippen LogP contribution in [0.25, 0.3) is 0 Å². The highest BCUT2D eigenvalue weighted by atomic mass is 19.1. The van der Waals surface area contributed by atoms with Gasteiger partial charge in [0.25, 0.3) is 0 Å². The van der Waals surface area contributed by atoms with Crippen molar-refractivity contribution in [3.8, 4) is 5.75 Å². The molecule has 150 valence electrons. The number of hydrogen-bond donors (Lipinski definition) is 2. The van der Waals surface area contributed by atoms with Crippen molar-refractivity contribution in [2.45, 2.75) is 19.6 Å². The van der Waals surface area contributed by atoms with Crippen LogP contribution >= 0.6 is 0 Å². The Kier molecular flexibility index (Phi) is 7.57. The van der Waals surface area contributed by atoms with E-state index < -0.39 is 0 Å². The molecule has 0 saturated carbocycles. The van der Waals surface area contributed by atoms with Crippen LogP contribution < -0.4 is 15.4 Å². The van der Waals surface area contributed by atoms with Gasteiger partial charge in [0, 0.05) is 26.3 Å². The Morgan fingerprint density at radius 1 is 1.03 bits per heavy atom. The van der Waals surface area contributed by atoms with E-state index in [4.69, 9.17) is 4.74 Å². The Labute approximate surface area is 170 Å². The number of aliphatic imine (C=N–C) groups is 1. The Balaban J connectivity index is 1.46. The molecule has 3 aromatic rings. The molecule has 0 bridgehead atoms. The predicted molar refractivity (Wildman–Crippen MR) is 113 cm³/mol. The Morgan fingerprint density at radius 3 is 2.69 bits per heavy atom. The van der Waals surface area contributed by atoms with Crippen LogP contribution in [0.3, 0.4) is 0 Å². The molecule has 3 rings (SSSR count). The molecule has 0 unspecified atom stereocenters. The summed E-state index contributed by atoms with van der Waals surface area (Å²) in [6, 6.07) is 20.5. The molecule has 0 aliphatic carbocycles. The van der Waals surface area contributed by atoms with Gasteiger partial charge in [0.15, 0.2) is 5.96 Å². The van der Waals surface area contributed by atoms with Gasteiger partial charge in [-0.15, -0.1) is 0 Å². The molecule has 0 saturated heterocycles. The maximum absolute atomic E-state index is 13.7. The van der Waals surface area contributed by atoms with E-state index in [1.807, 2.05) is 48.5 Å². The van der Waals surface area contributed by atoms with Crippen molar-refractivity contribution in [2.75, 3.05) is 13.6 Å². The van der Waals surface area contributed by atoms with Gasteiger partial charge in [0.05, 0.1) is 5.69 Å². The van der Waals surface area contributed by atoms with Gasteiger partial charge in [0.1, 0.15) is 18.2 Å². The van der Waals surface area contributed by atoms with Crippen LogP contribution in [0, 0.1) is 5.82 Å². The predicted octanol–water partition coefficient (Wildman–Crippen LogP) is 3.71. The first kappa shape index (κ1) is 20.3. The summed E-state index contributed by atoms with van der Waals surface area (Å²) >= 11 is 0. The minimum Gasteiger partial charge on any atom is -0.487 e. The normalized spacial score (nSPS) is 11.2. The molecule has 0 radical (unpaired) electrons. The van der Waals surface area contributed by atoms with Gasteiger partial charge < -0.3 is 15.4 Å². The quantitative estimate of drug-likeness (QED) is 0.453. The van der Waals surface area contributed by atoms with Crippen LogP contribution in [0.4, 0.5) is 4.39 Å². The molecule has 2 aromatic carbocycles. The highest BCUT2D eigenvalue weighted by molar-refractivity contribution is 5.79. The highest BCUT2D eigenvalue weighted by Crippen LogP contribution is 2.14. The minimum atomic E-state index is -0.181. The largest absolute Gasteiger partial charge is 0.487 e. The van der Waals surface area contributed by atoms with Crippen molar-refractivity contribution in [3.05, 3.63) is 95.6 Å². The third kappa shape index (κ3) is 6.60. The lowest BCUT2D eigenvalue weighted by Gasteiger charge is -2.13. The van der Waals surface area contributed by atoms with Gasteiger partial charge >= 0.3 is 0 Å². The number of benzene rings is 2. The number of hydrogen-bond acceptors (Lipinski definition) is 3. The number of nitrogens with one attached hydrogen (secondary N) is 2. The maximum Gasteiger partial charge on any atom is 0.191 e. The van der Waals surface area contributed by atoms with Gasteiger partial charge in [-0.05, 0) is 47.9 Å². The van der Waals surface area contributed by atoms with E-state index in [2.05, 4.69) is 20.6 Å². The zero-order chi connectivity index (χ0) is 20.3. The lowest BCUT2D eigenvalue weighted by Crippen LogP contribution is -2.37. The smallest absolute Gasteiger partial charge is 0.191 e. The average Bonchev–Trinajstić information content (AvgIpc) is 2.77. The average molecular weight is 392 g/mol. The summed E-state index contributed by atoms with van der Waals surface area (Å²) in [6.07, 6.45) is 2.34. The van der Waals surface area contributed by atoms with Crippen LogP contribution in [0.15, 0.2) is 77.9 Å². The molecule has 1 heterocycles. The number of rotatable bonds is 8. The summed E-state index contributed by atoms with van der Waals surface area (Å²) in [7, 11) is 1.71. The van der Waals surface area contributed by atoms with Crippen molar-refractivity contribution < 1.29 is 9.13 Å². The van der Waals surface area contributed by atoms with Crippen LogP contribution in [0.1, 0.15) is 16.8 Å². The molecule has 1 aromatic heterocycles. The highest BCUT2D eigenvalue weighted by Gasteiger charge is 2.03. The molecular weight excluding hydrogens is 367 g/mol. The second kappa shape index (κ2) is 10.8. The third-order valence-electron chi connectivity index (χ3n) is 4.34. The fourth-order valence-electron chi connectivity index (χ4n) is 2.81. The van der Waals surface area contributed by atoms with Crippen LogP contribution in [-0.2, 0) is 19.6 Å². The standard InChI is InChI=1S/C23H25FN4O/c1-25-23(27-14-12-19-8-2-3-11-22(19)24)28-16-18-7-6-10-21(15-18)29-17-20-9-4-5-13-26-20/h2-11,13,15H,12,14,16-17H2,1H3,(H2,25,27,28). The maximum atomic E-state index is 13.7. The Hall–Kier alpha value is -3.41. The molecule has 0 fully saturated rings. The van der Waals surface area contributed by atoms with Crippen molar-refractivity contribution in [2.24, 2.45) is 4.99 Å². The monoisotopic (exact) mass is 392 g/mol. The minimum absolute atomic E-state index is 0.181. The van der Waals surface area contributed by atoms with Crippen LogP contribution in [0.2, 0.25) is 0 Å². The van der Waals surface area contributed by atoms with Crippen molar-refractivity contribution >= 4 is 5.96 Å². The summed E-state index contributed by atoms with van der Waals surface area (Å²) in [5.74, 6) is 1.28. The van der Waals surface area contributed by atoms with Crippen LogP contribution in [0.5, 0.6) is 5.75 Å². The fourth-order valence-corrected chi connectivity index (χ4v) is 2.81. The molecule has 2 N–H and O–H groups in total. The molecule has 0 spiro atoms. The second-order valence-electron chi connectivity index (χ2n) is 6.45. The van der Waals surface area contributed by atoms with Crippen molar-refractivity contribution in [1.82, 2.24) is 15.6 Å². The zero-order valence-corrected chi connectivity index (χ0v) is 16.4. The Morgan fingerprint density at radius 2 is 1.90 bits per heavy atom. The topological polar surface area (TPSA) is 58.5 Å². The lowest BCUT2D eigenvalue weighted by molar-refractivity contribution is 0.301. The molecule has 29 heavy (non-hydrogen) atoms. The van der Waals surface area contributed by atoms with Gasteiger partial charge in [-0.2, -0.15) is 0 Å². The Bertz CT molecular complexity index is 931. The molecule has 0 aliphatic rings. The van der Waals surface area contributed by atoms with Crippen LogP contribution in [-0.4, -0.2) is 24.5 Å². The lowest BCUT2D eigenvalue weighted by atomic mass is 10.1. The first-order valence-electron chi connectivity index (χ1n) is 9.54. The molecule has 6 heteroatoms. The summed E-state index contributed by atoms with van der Waals surface area (Å²) in [5.41, 5.74) is 2.64. The fraction of sp³-hybridized carbons (Fsp3) is 0.217. The molecular formula is C23H25FN4O. The van der Waals surface area contributed by atoms with E-state index in [0.717, 1.165) is 17.0 Å². The van der Waals surface area contributed by atoms with E-state index >= 15 is 0 Å². The van der Waals surface area contributed by atoms with E-state index in [1.54, 1.807) is 25.4 Å². The number of pyridine rings is 1. The van der Waals surface area contributed by atoms with E-state index in [9.17, 15) is 4.39 Å². The SMILES string of the molecule is CN=C(NCCc1ccccc1F)NCc1cccc(OCc2ccccn2)c1. The van der Waals surface area contributed by atoms with Gasteiger partial charge in [-0.1, -0.05) is 36.4 Å². The molecule has 5 nitrogen and oxygen atoms in total. The first-order chi connectivity index (χ1) is 14.2. The van der Waals surface area contributed by atoms with Crippen molar-refractivity contribution in [1.29, 1.82) is 0 Å². The zero-order valence-electron chi connectivity index (χ0n) is 16.4. The molecule has 0 aliphatic heterocycles. The van der Waals surface area contributed by atoms with E-state index in [1.165, 1.54) is 6.07 Å². The van der Waals surface area contributed by atoms with E-state index in [0.29, 0.717) is 37.6 Å². The van der Waals surface area contributed by atoms with Gasteiger partial charge in [-0.3, -0.25) is 9.98 Å². The molecule has 0 atom stereocenters. The number of ether oxygens (including phenoxy) is 1. The third-order valence-corrected chi connectivity index (χ3v) is 4.34. The van der Waals surface area contributed by atoms with Crippen molar-refractivity contribution in [3.63, 3.8) is 0 Å².